The molecule has 0 aromatic rings. The molecule has 0 aromatic heterocycles. The molecule has 0 unspecified atom stereocenters. The van der Waals surface area contributed by atoms with Crippen LogP contribution < -0.4 is 0 Å². The molecule has 0 amide bonds. The van der Waals surface area contributed by atoms with Crippen LogP contribution in [-0.4, -0.2) is 17.4 Å². The smallest absolute Gasteiger partial charge is 0.0654 e. The van der Waals surface area contributed by atoms with Gasteiger partial charge in [0, 0.05) is 0 Å². The van der Waals surface area contributed by atoms with Crippen LogP contribution in [0, 0.1) is 0 Å². The minimum Gasteiger partial charge on any atom is -0.0654 e. The molecule has 38 valence electrons. The van der Waals surface area contributed by atoms with E-state index in [0.29, 0.717) is 0 Å². The van der Waals surface area contributed by atoms with Crippen molar-refractivity contribution in [2.45, 2.75) is 39.5 Å². The standard InChI is InChI=1S/C6H14.Al/c1-3-5-6-4-2;/h3-6H2,1-2H3;/q;+3. The fourth-order valence-electron chi connectivity index (χ4n) is 0.500. The molecule has 1 heteroatoms. The number of hydrogen-bond acceptors (Lipinski definition) is 0. The maximum absolute atomic E-state index is 2.23. The molecule has 0 atom stereocenters. The van der Waals surface area contributed by atoms with E-state index in [4.69, 9.17) is 0 Å². The van der Waals surface area contributed by atoms with Crippen LogP contribution in [0.25, 0.3) is 0 Å². The van der Waals surface area contributed by atoms with Gasteiger partial charge in [-0.2, -0.15) is 0 Å². The van der Waals surface area contributed by atoms with Crippen LogP contribution in [-0.2, 0) is 0 Å². The fourth-order valence-corrected chi connectivity index (χ4v) is 0.500. The average molecular weight is 113 g/mol. The van der Waals surface area contributed by atoms with Crippen molar-refractivity contribution < 1.29 is 0 Å². The zero-order valence-electron chi connectivity index (χ0n) is 5.41. The number of hydrogen-bond donors (Lipinski definition) is 0. The van der Waals surface area contributed by atoms with Crippen LogP contribution in [0.15, 0.2) is 0 Å². The predicted octanol–water partition coefficient (Wildman–Crippen LogP) is 2.21. The van der Waals surface area contributed by atoms with E-state index in [0.717, 1.165) is 0 Å². The summed E-state index contributed by atoms with van der Waals surface area (Å²) in [6, 6.07) is 0. The average Bonchev–Trinajstić information content (AvgIpc) is 1.61. The molecule has 0 saturated carbocycles. The second-order valence-electron chi connectivity index (χ2n) is 1.71. The van der Waals surface area contributed by atoms with Crippen LogP contribution in [0.5, 0.6) is 0 Å². The first-order valence-corrected chi connectivity index (χ1v) is 2.91. The molecule has 0 aliphatic rings. The Morgan fingerprint density at radius 3 is 1.29 bits per heavy atom. The van der Waals surface area contributed by atoms with E-state index in [1.165, 1.54) is 25.7 Å². The first-order chi connectivity index (χ1) is 2.91. The van der Waals surface area contributed by atoms with Gasteiger partial charge in [-0.1, -0.05) is 39.5 Å². The summed E-state index contributed by atoms with van der Waals surface area (Å²) in [5, 5.41) is 0. The summed E-state index contributed by atoms with van der Waals surface area (Å²) in [6.07, 6.45) is 5.54. The summed E-state index contributed by atoms with van der Waals surface area (Å²) in [6.45, 7) is 4.46. The summed E-state index contributed by atoms with van der Waals surface area (Å²) in [4.78, 5) is 0. The van der Waals surface area contributed by atoms with Gasteiger partial charge >= 0.3 is 17.4 Å². The zero-order valence-corrected chi connectivity index (χ0v) is 6.56. The van der Waals surface area contributed by atoms with E-state index in [2.05, 4.69) is 13.8 Å². The van der Waals surface area contributed by atoms with Crippen molar-refractivity contribution in [3.63, 3.8) is 0 Å². The Balaban J connectivity index is 0. The van der Waals surface area contributed by atoms with Crippen LogP contribution in [0.4, 0.5) is 0 Å². The molecule has 0 aliphatic heterocycles. The Morgan fingerprint density at radius 2 is 1.14 bits per heavy atom. The monoisotopic (exact) mass is 113 g/mol. The van der Waals surface area contributed by atoms with Crippen LogP contribution in [0.3, 0.4) is 0 Å². The molecule has 0 rings (SSSR count). The Bertz CT molecular complexity index is 16.1. The van der Waals surface area contributed by atoms with Crippen LogP contribution >= 0.6 is 0 Å². The molecule has 0 fully saturated rings. The van der Waals surface area contributed by atoms with E-state index in [1.54, 1.807) is 0 Å². The Labute approximate surface area is 57.4 Å². The molecule has 0 radical (unpaired) electrons. The van der Waals surface area contributed by atoms with E-state index >= 15 is 0 Å². The zero-order chi connectivity index (χ0) is 4.83. The van der Waals surface area contributed by atoms with Gasteiger partial charge < -0.3 is 0 Å². The third-order valence-corrected chi connectivity index (χ3v) is 0.957. The van der Waals surface area contributed by atoms with Gasteiger partial charge in [0.15, 0.2) is 0 Å². The summed E-state index contributed by atoms with van der Waals surface area (Å²) in [5.74, 6) is 0. The second kappa shape index (κ2) is 9.73. The summed E-state index contributed by atoms with van der Waals surface area (Å²) in [5.41, 5.74) is 0. The Kier molecular flexibility index (Phi) is 14.6. The molecule has 0 spiro atoms. The van der Waals surface area contributed by atoms with Crippen molar-refractivity contribution in [2.24, 2.45) is 0 Å². The summed E-state index contributed by atoms with van der Waals surface area (Å²) in [7, 11) is 0. The second-order valence-corrected chi connectivity index (χ2v) is 1.71. The van der Waals surface area contributed by atoms with Gasteiger partial charge in [-0.3, -0.25) is 0 Å². The van der Waals surface area contributed by atoms with E-state index in [9.17, 15) is 0 Å². The van der Waals surface area contributed by atoms with Crippen molar-refractivity contribution in [3.8, 4) is 0 Å². The minimum absolute atomic E-state index is 0. The molecular formula is C6H14Al+3. The maximum Gasteiger partial charge on any atom is 3.00 e. The summed E-state index contributed by atoms with van der Waals surface area (Å²) < 4.78 is 0. The number of rotatable bonds is 3. The van der Waals surface area contributed by atoms with Crippen molar-refractivity contribution in [3.05, 3.63) is 0 Å². The topological polar surface area (TPSA) is 0 Å². The quantitative estimate of drug-likeness (QED) is 0.389. The normalized spacial score (nSPS) is 7.71. The van der Waals surface area contributed by atoms with Gasteiger partial charge in [-0.05, 0) is 0 Å². The van der Waals surface area contributed by atoms with Gasteiger partial charge in [0.25, 0.3) is 0 Å². The van der Waals surface area contributed by atoms with Crippen molar-refractivity contribution in [1.29, 1.82) is 0 Å². The third kappa shape index (κ3) is 10.8. The molecule has 0 aromatic carbocycles. The molecule has 7 heavy (non-hydrogen) atoms. The largest absolute Gasteiger partial charge is 3.00 e. The van der Waals surface area contributed by atoms with E-state index < -0.39 is 0 Å². The van der Waals surface area contributed by atoms with Crippen LogP contribution in [0.1, 0.15) is 39.5 Å². The number of unbranched alkanes of at least 4 members (excludes halogenated alkanes) is 3. The SMILES string of the molecule is CCCCCC.[Al+3]. The molecule has 0 heterocycles. The van der Waals surface area contributed by atoms with Gasteiger partial charge in [-0.25, -0.2) is 0 Å². The molecule has 0 N–H and O–H groups in total. The van der Waals surface area contributed by atoms with Crippen LogP contribution in [0.2, 0.25) is 0 Å². The van der Waals surface area contributed by atoms with E-state index in [-0.39, 0.29) is 17.4 Å². The third-order valence-electron chi connectivity index (χ3n) is 0.957. The molecule has 0 nitrogen and oxygen atoms in total. The van der Waals surface area contributed by atoms with E-state index in [1.807, 2.05) is 0 Å². The summed E-state index contributed by atoms with van der Waals surface area (Å²) >= 11 is 0. The Hall–Kier alpha value is 0.532. The maximum atomic E-state index is 2.23. The van der Waals surface area contributed by atoms with Gasteiger partial charge in [-0.15, -0.1) is 0 Å². The van der Waals surface area contributed by atoms with Gasteiger partial charge in [0.1, 0.15) is 0 Å². The van der Waals surface area contributed by atoms with Gasteiger partial charge in [0.2, 0.25) is 0 Å². The molecule has 0 saturated heterocycles. The molecule has 0 aliphatic carbocycles. The van der Waals surface area contributed by atoms with Crippen molar-refractivity contribution >= 4 is 17.4 Å². The fraction of sp³-hybridized carbons (Fsp3) is 1.00. The molecular weight excluding hydrogens is 99.0 g/mol. The van der Waals surface area contributed by atoms with Gasteiger partial charge in [0.05, 0.1) is 0 Å². The molecule has 0 bridgehead atoms. The first kappa shape index (κ1) is 10.5. The predicted molar refractivity (Wildman–Crippen MR) is 35.6 cm³/mol. The van der Waals surface area contributed by atoms with Crippen molar-refractivity contribution in [2.75, 3.05) is 0 Å². The Morgan fingerprint density at radius 1 is 0.857 bits per heavy atom. The van der Waals surface area contributed by atoms with Crippen molar-refractivity contribution in [1.82, 2.24) is 0 Å². The first-order valence-electron chi connectivity index (χ1n) is 2.91. The minimum atomic E-state index is 0.